The third kappa shape index (κ3) is 4.56. The van der Waals surface area contributed by atoms with E-state index in [0.717, 1.165) is 12.1 Å². The van der Waals surface area contributed by atoms with Crippen LogP contribution in [0.3, 0.4) is 0 Å². The molecule has 0 spiro atoms. The number of carbonyl (C=O) groups excluding carboxylic acids is 1. The van der Waals surface area contributed by atoms with Crippen LogP contribution in [0.2, 0.25) is 0 Å². The molecule has 2 heterocycles. The molecule has 21 heavy (non-hydrogen) atoms. The molecular weight excluding hydrogens is 309 g/mol. The van der Waals surface area contributed by atoms with Crippen LogP contribution in [0, 0.1) is 5.92 Å². The molecule has 1 aromatic heterocycles. The molecule has 1 aliphatic heterocycles. The quantitative estimate of drug-likeness (QED) is 0.894. The zero-order chi connectivity index (χ0) is 13.1. The molecule has 2 fully saturated rings. The average Bonchev–Trinajstić information content (AvgIpc) is 2.90. The highest BCUT2D eigenvalue weighted by molar-refractivity contribution is 5.85. The number of hydrogen-bond donors (Lipinski definition) is 2. The fraction of sp³-hybridized carbons (Fsp3) is 0.600. The standard InChI is InChI=1S/C15H21N3O.2ClH/c19-15(17-10-12-6-3-4-8-16-12)14-9-11-5-1-2-7-13(11)18-14;;/h3-4,6,8,11,13-14,18H,1-2,5,7,9-10H2,(H,17,19);2*1H. The van der Waals surface area contributed by atoms with Gasteiger partial charge in [-0.2, -0.15) is 0 Å². The van der Waals surface area contributed by atoms with Crippen LogP contribution in [0.25, 0.3) is 0 Å². The van der Waals surface area contributed by atoms with E-state index in [0.29, 0.717) is 18.5 Å². The smallest absolute Gasteiger partial charge is 0.237 e. The van der Waals surface area contributed by atoms with E-state index in [1.807, 2.05) is 18.2 Å². The van der Waals surface area contributed by atoms with E-state index in [2.05, 4.69) is 15.6 Å². The Morgan fingerprint density at radius 2 is 2.10 bits per heavy atom. The second-order valence-electron chi connectivity index (χ2n) is 5.64. The van der Waals surface area contributed by atoms with Gasteiger partial charge in [0.15, 0.2) is 0 Å². The first-order chi connectivity index (χ1) is 9.33. The lowest BCUT2D eigenvalue weighted by atomic mass is 9.85. The summed E-state index contributed by atoms with van der Waals surface area (Å²) < 4.78 is 0. The van der Waals surface area contributed by atoms with Gasteiger partial charge < -0.3 is 10.6 Å². The van der Waals surface area contributed by atoms with Gasteiger partial charge >= 0.3 is 0 Å². The topological polar surface area (TPSA) is 54.0 Å². The maximum absolute atomic E-state index is 12.2. The van der Waals surface area contributed by atoms with Crippen LogP contribution in [-0.4, -0.2) is 23.0 Å². The Labute approximate surface area is 138 Å². The van der Waals surface area contributed by atoms with Gasteiger partial charge in [-0.3, -0.25) is 9.78 Å². The summed E-state index contributed by atoms with van der Waals surface area (Å²) in [5, 5.41) is 6.48. The molecule has 2 aliphatic rings. The number of hydrogen-bond acceptors (Lipinski definition) is 3. The highest BCUT2D eigenvalue weighted by Crippen LogP contribution is 2.33. The van der Waals surface area contributed by atoms with Gasteiger partial charge in [0.2, 0.25) is 5.91 Å². The largest absolute Gasteiger partial charge is 0.349 e. The van der Waals surface area contributed by atoms with Crippen molar-refractivity contribution in [3.63, 3.8) is 0 Å². The van der Waals surface area contributed by atoms with Gasteiger partial charge in [0, 0.05) is 12.2 Å². The zero-order valence-electron chi connectivity index (χ0n) is 12.0. The number of fused-ring (bicyclic) bond motifs is 1. The van der Waals surface area contributed by atoms with Crippen molar-refractivity contribution in [2.24, 2.45) is 5.92 Å². The summed E-state index contributed by atoms with van der Waals surface area (Å²) in [6.45, 7) is 0.521. The van der Waals surface area contributed by atoms with E-state index in [9.17, 15) is 4.79 Å². The first-order valence-electron chi connectivity index (χ1n) is 7.26. The number of nitrogens with zero attached hydrogens (tertiary/aromatic N) is 1. The van der Waals surface area contributed by atoms with Crippen LogP contribution in [0.4, 0.5) is 0 Å². The number of pyridine rings is 1. The van der Waals surface area contributed by atoms with Gasteiger partial charge in [-0.1, -0.05) is 18.9 Å². The summed E-state index contributed by atoms with van der Waals surface area (Å²) in [4.78, 5) is 16.4. The van der Waals surface area contributed by atoms with E-state index in [1.165, 1.54) is 25.7 Å². The van der Waals surface area contributed by atoms with Crippen molar-refractivity contribution in [3.8, 4) is 0 Å². The van der Waals surface area contributed by atoms with Gasteiger partial charge in [-0.25, -0.2) is 0 Å². The molecule has 1 saturated carbocycles. The first-order valence-corrected chi connectivity index (χ1v) is 7.26. The molecule has 3 rings (SSSR count). The lowest BCUT2D eigenvalue weighted by molar-refractivity contribution is -0.123. The summed E-state index contributed by atoms with van der Waals surface area (Å²) in [5.41, 5.74) is 0.909. The van der Waals surface area contributed by atoms with Gasteiger partial charge in [0.25, 0.3) is 0 Å². The van der Waals surface area contributed by atoms with E-state index in [1.54, 1.807) is 6.20 Å². The second kappa shape index (κ2) is 8.57. The summed E-state index contributed by atoms with van der Waals surface area (Å²) in [6.07, 6.45) is 7.89. The van der Waals surface area contributed by atoms with Crippen molar-refractivity contribution < 1.29 is 4.79 Å². The molecule has 3 unspecified atom stereocenters. The van der Waals surface area contributed by atoms with Gasteiger partial charge in [0.1, 0.15) is 0 Å². The predicted molar refractivity (Wildman–Crippen MR) is 87.9 cm³/mol. The predicted octanol–water partition coefficient (Wildman–Crippen LogP) is 2.46. The Kier molecular flexibility index (Phi) is 7.43. The number of halogens is 2. The van der Waals surface area contributed by atoms with Gasteiger partial charge in [-0.15, -0.1) is 24.8 Å². The summed E-state index contributed by atoms with van der Waals surface area (Å²) in [6, 6.07) is 6.32. The molecule has 4 nitrogen and oxygen atoms in total. The van der Waals surface area contributed by atoms with Gasteiger partial charge in [-0.05, 0) is 37.3 Å². The first kappa shape index (κ1) is 18.2. The minimum absolute atomic E-state index is 0. The van der Waals surface area contributed by atoms with Crippen LogP contribution in [0.5, 0.6) is 0 Å². The SMILES string of the molecule is Cl.Cl.O=C(NCc1ccccn1)C1CC2CCCCC2N1. The Bertz CT molecular complexity index is 430. The van der Waals surface area contributed by atoms with Crippen LogP contribution < -0.4 is 10.6 Å². The Morgan fingerprint density at radius 3 is 2.81 bits per heavy atom. The number of nitrogens with one attached hydrogen (secondary N) is 2. The lowest BCUT2D eigenvalue weighted by Crippen LogP contribution is -2.42. The fourth-order valence-corrected chi connectivity index (χ4v) is 3.32. The Balaban J connectivity index is 0.00000110. The van der Waals surface area contributed by atoms with Crippen molar-refractivity contribution in [3.05, 3.63) is 30.1 Å². The molecule has 1 amide bonds. The molecular formula is C15H23Cl2N3O. The third-order valence-corrected chi connectivity index (χ3v) is 4.35. The normalized spacial score (nSPS) is 27.0. The van der Waals surface area contributed by atoms with Crippen LogP contribution in [0.1, 0.15) is 37.8 Å². The van der Waals surface area contributed by atoms with Crippen molar-refractivity contribution in [1.29, 1.82) is 0 Å². The molecule has 0 aromatic carbocycles. The van der Waals surface area contributed by atoms with Crippen molar-refractivity contribution >= 4 is 30.7 Å². The maximum Gasteiger partial charge on any atom is 0.237 e. The summed E-state index contributed by atoms with van der Waals surface area (Å²) >= 11 is 0. The third-order valence-electron chi connectivity index (χ3n) is 4.35. The van der Waals surface area contributed by atoms with Crippen molar-refractivity contribution in [2.75, 3.05) is 0 Å². The molecule has 1 saturated heterocycles. The molecule has 6 heteroatoms. The fourth-order valence-electron chi connectivity index (χ4n) is 3.32. The van der Waals surface area contributed by atoms with Crippen molar-refractivity contribution in [2.45, 2.75) is 50.7 Å². The minimum atomic E-state index is -0.00295. The van der Waals surface area contributed by atoms with Crippen LogP contribution >= 0.6 is 24.8 Å². The van der Waals surface area contributed by atoms with E-state index in [4.69, 9.17) is 0 Å². The van der Waals surface area contributed by atoms with Crippen molar-refractivity contribution in [1.82, 2.24) is 15.6 Å². The number of amides is 1. The van der Waals surface area contributed by atoms with E-state index in [-0.39, 0.29) is 36.8 Å². The molecule has 1 aromatic rings. The lowest BCUT2D eigenvalue weighted by Gasteiger charge is -2.24. The number of aromatic nitrogens is 1. The Morgan fingerprint density at radius 1 is 1.29 bits per heavy atom. The molecule has 118 valence electrons. The Hall–Kier alpha value is -0.840. The maximum atomic E-state index is 12.2. The second-order valence-corrected chi connectivity index (χ2v) is 5.64. The van der Waals surface area contributed by atoms with Crippen LogP contribution in [-0.2, 0) is 11.3 Å². The highest BCUT2D eigenvalue weighted by atomic mass is 35.5. The van der Waals surface area contributed by atoms with Gasteiger partial charge in [0.05, 0.1) is 18.3 Å². The highest BCUT2D eigenvalue weighted by Gasteiger charge is 2.37. The summed E-state index contributed by atoms with van der Waals surface area (Å²) in [5.74, 6) is 0.833. The molecule has 2 N–H and O–H groups in total. The number of rotatable bonds is 3. The monoisotopic (exact) mass is 331 g/mol. The van der Waals surface area contributed by atoms with E-state index >= 15 is 0 Å². The summed E-state index contributed by atoms with van der Waals surface area (Å²) in [7, 11) is 0. The number of carbonyl (C=O) groups is 1. The molecule has 0 radical (unpaired) electrons. The molecule has 0 bridgehead atoms. The average molecular weight is 332 g/mol. The minimum Gasteiger partial charge on any atom is -0.349 e. The zero-order valence-corrected chi connectivity index (χ0v) is 13.6. The molecule has 1 aliphatic carbocycles. The molecule has 3 atom stereocenters. The van der Waals surface area contributed by atoms with Crippen LogP contribution in [0.15, 0.2) is 24.4 Å². The van der Waals surface area contributed by atoms with E-state index < -0.39 is 0 Å².